The van der Waals surface area contributed by atoms with E-state index in [9.17, 15) is 14.4 Å². The van der Waals surface area contributed by atoms with Crippen LogP contribution in [-0.4, -0.2) is 49.8 Å². The van der Waals surface area contributed by atoms with Crippen molar-refractivity contribution < 1.29 is 14.4 Å². The van der Waals surface area contributed by atoms with E-state index in [1.165, 1.54) is 6.07 Å². The minimum absolute atomic E-state index is 0.140. The average molecular weight is 557 g/mol. The predicted molar refractivity (Wildman–Crippen MR) is 126 cm³/mol. The normalized spacial score (nSPS) is 35.7. The Kier molecular flexibility index (Phi) is 5.34. The smallest absolute Gasteiger partial charge is 0.253 e. The first-order valence-corrected chi connectivity index (χ1v) is 12.4. The van der Waals surface area contributed by atoms with Gasteiger partial charge in [-0.25, -0.2) is 4.90 Å². The molecule has 3 fully saturated rings. The van der Waals surface area contributed by atoms with Gasteiger partial charge in [-0.05, 0) is 37.5 Å². The summed E-state index contributed by atoms with van der Waals surface area (Å²) in [5, 5.41) is -0.279. The number of amides is 3. The van der Waals surface area contributed by atoms with Gasteiger partial charge in [0.1, 0.15) is 9.75 Å². The van der Waals surface area contributed by atoms with Gasteiger partial charge in [-0.3, -0.25) is 14.4 Å². The van der Waals surface area contributed by atoms with Crippen LogP contribution in [-0.2, 0) is 9.59 Å². The van der Waals surface area contributed by atoms with Crippen molar-refractivity contribution in [1.82, 2.24) is 4.90 Å². The number of anilines is 1. The van der Waals surface area contributed by atoms with Gasteiger partial charge in [-0.2, -0.15) is 0 Å². The number of likely N-dealkylation sites (tertiary alicyclic amines) is 1. The highest BCUT2D eigenvalue weighted by molar-refractivity contribution is 6.67. The number of rotatable bonds is 2. The van der Waals surface area contributed by atoms with Gasteiger partial charge in [-0.1, -0.05) is 52.5 Å². The molecule has 2 saturated heterocycles. The molecular formula is C21H16Cl6N2O3. The number of benzene rings is 1. The maximum Gasteiger partial charge on any atom is 0.253 e. The third-order valence-electron chi connectivity index (χ3n) is 6.90. The summed E-state index contributed by atoms with van der Waals surface area (Å²) in [5.41, 5.74) is 0.614. The highest BCUT2D eigenvalue weighted by atomic mass is 35.5. The molecule has 0 aromatic heterocycles. The van der Waals surface area contributed by atoms with Gasteiger partial charge in [0.2, 0.25) is 11.8 Å². The van der Waals surface area contributed by atoms with Crippen molar-refractivity contribution in [3.8, 4) is 0 Å². The Morgan fingerprint density at radius 1 is 0.875 bits per heavy atom. The molecule has 2 heterocycles. The Labute approximate surface area is 214 Å². The van der Waals surface area contributed by atoms with Gasteiger partial charge < -0.3 is 4.90 Å². The molecule has 2 aliphatic carbocycles. The zero-order valence-electron chi connectivity index (χ0n) is 16.4. The number of hydrogen-bond donors (Lipinski definition) is 0. The van der Waals surface area contributed by atoms with Crippen molar-refractivity contribution in [3.05, 3.63) is 39.9 Å². The summed E-state index contributed by atoms with van der Waals surface area (Å²) in [6.45, 7) is 1.35. The predicted octanol–water partition coefficient (Wildman–Crippen LogP) is 5.26. The van der Waals surface area contributed by atoms with Crippen LogP contribution in [0.25, 0.3) is 0 Å². The van der Waals surface area contributed by atoms with Crippen LogP contribution in [0.1, 0.15) is 29.6 Å². The molecule has 0 spiro atoms. The summed E-state index contributed by atoms with van der Waals surface area (Å²) in [4.78, 5) is 38.9. The number of piperidine rings is 1. The fourth-order valence-electron chi connectivity index (χ4n) is 5.31. The van der Waals surface area contributed by atoms with Crippen molar-refractivity contribution in [2.75, 3.05) is 18.0 Å². The van der Waals surface area contributed by atoms with Crippen LogP contribution >= 0.6 is 69.6 Å². The van der Waals surface area contributed by atoms with E-state index in [0.29, 0.717) is 18.7 Å². The van der Waals surface area contributed by atoms with Crippen molar-refractivity contribution in [2.45, 2.75) is 33.3 Å². The lowest BCUT2D eigenvalue weighted by molar-refractivity contribution is -0.123. The molecule has 4 atom stereocenters. The van der Waals surface area contributed by atoms with Crippen molar-refractivity contribution >= 4 is 93.0 Å². The molecule has 11 heteroatoms. The molecule has 0 unspecified atom stereocenters. The summed E-state index contributed by atoms with van der Waals surface area (Å²) in [6.07, 6.45) is 2.98. The molecule has 1 aromatic rings. The number of allylic oxidation sites excluding steroid dienone is 2. The first kappa shape index (κ1) is 23.1. The second-order valence-corrected chi connectivity index (χ2v) is 11.8. The van der Waals surface area contributed by atoms with E-state index in [1.54, 1.807) is 23.1 Å². The van der Waals surface area contributed by atoms with Crippen molar-refractivity contribution in [3.63, 3.8) is 0 Å². The van der Waals surface area contributed by atoms with Gasteiger partial charge in [0, 0.05) is 18.7 Å². The van der Waals surface area contributed by atoms with Crippen LogP contribution in [0.4, 0.5) is 5.69 Å². The summed E-state index contributed by atoms with van der Waals surface area (Å²) < 4.78 is -1.98. The molecule has 5 nitrogen and oxygen atoms in total. The first-order chi connectivity index (χ1) is 15.0. The molecule has 1 aromatic carbocycles. The molecule has 2 bridgehead atoms. The Morgan fingerprint density at radius 3 is 1.94 bits per heavy atom. The van der Waals surface area contributed by atoms with Crippen LogP contribution in [0, 0.1) is 11.8 Å². The molecule has 4 aliphatic rings. The van der Waals surface area contributed by atoms with E-state index < -0.39 is 37.7 Å². The monoisotopic (exact) mass is 554 g/mol. The highest BCUT2D eigenvalue weighted by Gasteiger charge is 2.87. The van der Waals surface area contributed by atoms with Gasteiger partial charge >= 0.3 is 0 Å². The van der Waals surface area contributed by atoms with Gasteiger partial charge in [0.15, 0.2) is 4.33 Å². The van der Waals surface area contributed by atoms with Crippen molar-refractivity contribution in [1.29, 1.82) is 0 Å². The molecule has 5 rings (SSSR count). The number of hydrogen-bond acceptors (Lipinski definition) is 3. The van der Waals surface area contributed by atoms with Crippen LogP contribution in [0.15, 0.2) is 34.3 Å². The van der Waals surface area contributed by atoms with E-state index in [-0.39, 0.29) is 21.7 Å². The standard InChI is InChI=1S/C21H16Cl6N2O3/c22-14-15(23)20(25)13-12(19(14,24)21(20,26)27)17(31)29(18(13)32)11-6-4-5-10(9-11)16(30)28-7-2-1-3-8-28/h4-6,9,12-13H,1-3,7-8H2/t12-,13+,19-,20-/m1/s1. The highest BCUT2D eigenvalue weighted by Crippen LogP contribution is 2.77. The molecule has 32 heavy (non-hydrogen) atoms. The Bertz CT molecular complexity index is 1050. The van der Waals surface area contributed by atoms with E-state index in [1.807, 2.05) is 0 Å². The number of alkyl halides is 4. The first-order valence-electron chi connectivity index (χ1n) is 10.1. The Morgan fingerprint density at radius 2 is 1.41 bits per heavy atom. The maximum atomic E-state index is 13.5. The second-order valence-electron chi connectivity index (χ2n) is 8.50. The minimum atomic E-state index is -1.98. The SMILES string of the molecule is O=C(c1cccc(N2C(=O)[C@@H]3[C@H](C2=O)[C@@]2(Cl)C(Cl)=C(Cl)[C@@]3(Cl)C2(Cl)Cl)c1)N1CCCCC1. The largest absolute Gasteiger partial charge is 0.339 e. The van der Waals surface area contributed by atoms with Gasteiger partial charge in [-0.15, -0.1) is 23.2 Å². The van der Waals surface area contributed by atoms with Gasteiger partial charge in [0.05, 0.1) is 27.6 Å². The molecular weight excluding hydrogens is 541 g/mol. The van der Waals surface area contributed by atoms with Crippen LogP contribution in [0.2, 0.25) is 0 Å². The summed E-state index contributed by atoms with van der Waals surface area (Å²) in [7, 11) is 0. The van der Waals surface area contributed by atoms with Gasteiger partial charge in [0.25, 0.3) is 5.91 Å². The number of nitrogens with zero attached hydrogens (tertiary/aromatic N) is 2. The average Bonchev–Trinajstić information content (AvgIpc) is 3.17. The fraction of sp³-hybridized carbons (Fsp3) is 0.476. The Hall–Kier alpha value is -0.690. The number of fused-ring (bicyclic) bond motifs is 5. The summed E-state index contributed by atoms with van der Waals surface area (Å²) in [6, 6.07) is 6.36. The molecule has 0 N–H and O–H groups in total. The zero-order chi connectivity index (χ0) is 23.2. The Balaban J connectivity index is 1.53. The van der Waals surface area contributed by atoms with E-state index >= 15 is 0 Å². The fourth-order valence-corrected chi connectivity index (χ4v) is 8.24. The quantitative estimate of drug-likeness (QED) is 0.369. The van der Waals surface area contributed by atoms with Crippen LogP contribution in [0.5, 0.6) is 0 Å². The third-order valence-corrected chi connectivity index (χ3v) is 11.2. The number of carbonyl (C=O) groups is 3. The lowest BCUT2D eigenvalue weighted by atomic mass is 9.84. The molecule has 3 amide bonds. The second kappa shape index (κ2) is 7.40. The van der Waals surface area contributed by atoms with E-state index in [2.05, 4.69) is 0 Å². The molecule has 1 saturated carbocycles. The number of carbonyl (C=O) groups excluding carboxylic acids is 3. The summed E-state index contributed by atoms with van der Waals surface area (Å²) >= 11 is 39.1. The lowest BCUT2D eigenvalue weighted by Gasteiger charge is -2.34. The zero-order valence-corrected chi connectivity index (χ0v) is 20.9. The van der Waals surface area contributed by atoms with Crippen LogP contribution < -0.4 is 4.90 Å². The van der Waals surface area contributed by atoms with Crippen LogP contribution in [0.3, 0.4) is 0 Å². The van der Waals surface area contributed by atoms with E-state index in [0.717, 1.165) is 24.2 Å². The number of imide groups is 1. The summed E-state index contributed by atoms with van der Waals surface area (Å²) in [5.74, 6) is -3.86. The topological polar surface area (TPSA) is 57.7 Å². The third kappa shape index (κ3) is 2.59. The van der Waals surface area contributed by atoms with Crippen molar-refractivity contribution in [2.24, 2.45) is 11.8 Å². The van der Waals surface area contributed by atoms with E-state index in [4.69, 9.17) is 69.6 Å². The molecule has 0 radical (unpaired) electrons. The molecule has 170 valence electrons. The maximum absolute atomic E-state index is 13.5. The lowest BCUT2D eigenvalue weighted by Crippen LogP contribution is -2.50. The molecule has 2 aliphatic heterocycles. The number of halogens is 6. The minimum Gasteiger partial charge on any atom is -0.339 e.